The number of benzene rings is 1. The van der Waals surface area contributed by atoms with E-state index in [1.54, 1.807) is 0 Å². The van der Waals surface area contributed by atoms with Crippen molar-refractivity contribution in [1.29, 1.82) is 5.26 Å². The van der Waals surface area contributed by atoms with Crippen molar-refractivity contribution in [3.63, 3.8) is 0 Å². The fourth-order valence-corrected chi connectivity index (χ4v) is 8.46. The summed E-state index contributed by atoms with van der Waals surface area (Å²) in [7, 11) is 0. The average molecular weight is 562 g/mol. The molecular weight excluding hydrogens is 521 g/mol. The third-order valence-corrected chi connectivity index (χ3v) is 10.6. The van der Waals surface area contributed by atoms with Crippen molar-refractivity contribution in [2.45, 2.75) is 94.2 Å². The van der Waals surface area contributed by atoms with Crippen LogP contribution in [0, 0.1) is 11.3 Å². The van der Waals surface area contributed by atoms with Gasteiger partial charge in [0.15, 0.2) is 0 Å². The first-order valence-electron chi connectivity index (χ1n) is 15.3. The van der Waals surface area contributed by atoms with Crippen molar-refractivity contribution in [3.8, 4) is 11.9 Å². The first-order chi connectivity index (χ1) is 19.9. The Morgan fingerprint density at radius 2 is 2.15 bits per heavy atom. The quantitative estimate of drug-likeness (QED) is 0.520. The zero-order chi connectivity index (χ0) is 28.4. The average Bonchev–Trinajstić information content (AvgIpc) is 3.67. The predicted octanol–water partition coefficient (Wildman–Crippen LogP) is 4.32. The first kappa shape index (κ1) is 26.9. The molecule has 0 bridgehead atoms. The van der Waals surface area contributed by atoms with Gasteiger partial charge in [0.1, 0.15) is 24.4 Å². The minimum absolute atomic E-state index is 0.0394. The highest BCUT2D eigenvalue weighted by molar-refractivity contribution is 5.65. The summed E-state index contributed by atoms with van der Waals surface area (Å²) in [6.45, 7) is 5.32. The second-order valence-electron chi connectivity index (χ2n) is 12.9. The third-order valence-electron chi connectivity index (χ3n) is 10.6. The summed E-state index contributed by atoms with van der Waals surface area (Å²) >= 11 is 0. The summed E-state index contributed by atoms with van der Waals surface area (Å²) < 4.78 is 27.7. The molecule has 218 valence electrons. The Hall–Kier alpha value is -2.93. The molecule has 0 radical (unpaired) electrons. The molecule has 1 aliphatic carbocycles. The molecule has 41 heavy (non-hydrogen) atoms. The third kappa shape index (κ3) is 4.29. The van der Waals surface area contributed by atoms with Crippen LogP contribution in [0.2, 0.25) is 0 Å². The van der Waals surface area contributed by atoms with Gasteiger partial charge in [0, 0.05) is 54.5 Å². The van der Waals surface area contributed by atoms with E-state index in [1.165, 1.54) is 0 Å². The molecule has 7 rings (SSSR count). The van der Waals surface area contributed by atoms with Crippen LogP contribution in [0.25, 0.3) is 0 Å². The van der Waals surface area contributed by atoms with Crippen LogP contribution in [0.3, 0.4) is 0 Å². The maximum absolute atomic E-state index is 14.4. The van der Waals surface area contributed by atoms with Crippen molar-refractivity contribution >= 4 is 11.4 Å². The van der Waals surface area contributed by atoms with Gasteiger partial charge in [0.05, 0.1) is 36.1 Å². The van der Waals surface area contributed by atoms with Gasteiger partial charge in [0.2, 0.25) is 5.88 Å². The number of aliphatic hydroxyl groups is 1. The molecule has 4 aliphatic heterocycles. The Balaban J connectivity index is 1.29. The number of pyridine rings is 1. The van der Waals surface area contributed by atoms with Crippen molar-refractivity contribution in [2.75, 3.05) is 43.5 Å². The van der Waals surface area contributed by atoms with Gasteiger partial charge in [-0.25, -0.2) is 9.37 Å². The summed E-state index contributed by atoms with van der Waals surface area (Å²) in [5.41, 5.74) is 11.3. The lowest BCUT2D eigenvalue weighted by molar-refractivity contribution is -0.0871. The molecule has 1 spiro atoms. The monoisotopic (exact) mass is 561 g/mol. The minimum Gasteiger partial charge on any atom is -0.476 e. The fraction of sp³-hybridized carbons (Fsp3) is 0.625. The number of hydrogen-bond acceptors (Lipinski definition) is 8. The molecule has 2 aromatic rings. The van der Waals surface area contributed by atoms with E-state index in [2.05, 4.69) is 28.9 Å². The number of hydrogen-bond donors (Lipinski definition) is 2. The Morgan fingerprint density at radius 3 is 2.98 bits per heavy atom. The Labute approximate surface area is 241 Å². The fourth-order valence-electron chi connectivity index (χ4n) is 8.46. The van der Waals surface area contributed by atoms with Crippen molar-refractivity contribution in [3.05, 3.63) is 46.1 Å². The summed E-state index contributed by atoms with van der Waals surface area (Å²) in [6, 6.07) is 8.31. The van der Waals surface area contributed by atoms with Crippen LogP contribution in [-0.4, -0.2) is 65.6 Å². The predicted molar refractivity (Wildman–Crippen MR) is 154 cm³/mol. The summed E-state index contributed by atoms with van der Waals surface area (Å²) in [6.07, 6.45) is 5.88. The molecule has 3 N–H and O–H groups in total. The molecule has 8 nitrogen and oxygen atoms in total. The van der Waals surface area contributed by atoms with E-state index in [9.17, 15) is 14.8 Å². The van der Waals surface area contributed by atoms with Crippen LogP contribution in [0.5, 0.6) is 5.88 Å². The second-order valence-corrected chi connectivity index (χ2v) is 12.9. The first-order valence-corrected chi connectivity index (χ1v) is 15.3. The smallest absolute Gasteiger partial charge is 0.215 e. The number of rotatable bonds is 5. The molecular formula is C32H40FN5O3. The maximum Gasteiger partial charge on any atom is 0.215 e. The molecule has 2 unspecified atom stereocenters. The van der Waals surface area contributed by atoms with Gasteiger partial charge in [-0.1, -0.05) is 13.0 Å². The number of aliphatic hydroxyl groups excluding tert-OH is 1. The lowest BCUT2D eigenvalue weighted by atomic mass is 9.69. The van der Waals surface area contributed by atoms with Gasteiger partial charge in [-0.15, -0.1) is 0 Å². The number of fused-ring (bicyclic) bond motifs is 4. The lowest BCUT2D eigenvalue weighted by Gasteiger charge is -2.45. The molecule has 3 fully saturated rings. The Morgan fingerprint density at radius 1 is 1.27 bits per heavy atom. The highest BCUT2D eigenvalue weighted by Gasteiger charge is 2.50. The SMILES string of the molecule is C[C@H]1CC[C@]2(Cc3nc(OCC45CCCN4C[C@H](F)C5)cc(N4CCCC4CO)c3CO2)c2c1ccc(N)c2C#N. The Bertz CT molecular complexity index is 1400. The molecule has 5 atom stereocenters. The van der Waals surface area contributed by atoms with E-state index >= 15 is 0 Å². The minimum atomic E-state index is -0.812. The van der Waals surface area contributed by atoms with Crippen LogP contribution >= 0.6 is 0 Å². The van der Waals surface area contributed by atoms with Gasteiger partial charge in [-0.3, -0.25) is 4.90 Å². The van der Waals surface area contributed by atoms with E-state index in [4.69, 9.17) is 20.2 Å². The van der Waals surface area contributed by atoms with E-state index in [0.29, 0.717) is 55.6 Å². The molecule has 0 amide bonds. The van der Waals surface area contributed by atoms with Crippen LogP contribution in [0.4, 0.5) is 15.8 Å². The van der Waals surface area contributed by atoms with E-state index in [-0.39, 0.29) is 18.2 Å². The summed E-state index contributed by atoms with van der Waals surface area (Å²) in [5, 5.41) is 20.3. The zero-order valence-electron chi connectivity index (χ0n) is 23.9. The van der Waals surface area contributed by atoms with Crippen molar-refractivity contribution in [1.82, 2.24) is 9.88 Å². The molecule has 5 aliphatic rings. The largest absolute Gasteiger partial charge is 0.476 e. The van der Waals surface area contributed by atoms with Crippen molar-refractivity contribution < 1.29 is 19.0 Å². The molecule has 3 saturated heterocycles. The van der Waals surface area contributed by atoms with Gasteiger partial charge >= 0.3 is 0 Å². The standard InChI is InChI=1S/C32H40FN5O3/c1-20-7-9-32(30-23(20)5-6-26(35)24(30)15-34)14-27-25(18-41-32)28(38-11-2-4-22(38)17-39)12-29(36-27)40-19-31-8-3-10-37(31)16-21(33)13-31/h5-6,12,20-22,39H,2-4,7-11,13-14,16-19,35H2,1H3/t20-,21+,22?,31?,32-/m0/s1. The highest BCUT2D eigenvalue weighted by Crippen LogP contribution is 2.51. The Kier molecular flexibility index (Phi) is 6.64. The van der Waals surface area contributed by atoms with E-state index in [0.717, 1.165) is 79.7 Å². The zero-order valence-corrected chi connectivity index (χ0v) is 23.9. The van der Waals surface area contributed by atoms with Gasteiger partial charge in [-0.2, -0.15) is 5.26 Å². The number of nitrogen functional groups attached to an aromatic ring is 1. The number of nitriles is 1. The topological polar surface area (TPSA) is 108 Å². The normalized spacial score (nSPS) is 32.5. The van der Waals surface area contributed by atoms with Crippen LogP contribution in [0.1, 0.15) is 85.7 Å². The molecule has 0 saturated carbocycles. The maximum atomic E-state index is 14.4. The highest BCUT2D eigenvalue weighted by atomic mass is 19.1. The molecule has 9 heteroatoms. The number of nitrogens with two attached hydrogens (primary N) is 1. The van der Waals surface area contributed by atoms with Crippen molar-refractivity contribution in [2.24, 2.45) is 0 Å². The molecule has 5 heterocycles. The lowest BCUT2D eigenvalue weighted by Crippen LogP contribution is -2.44. The van der Waals surface area contributed by atoms with Gasteiger partial charge in [0.25, 0.3) is 0 Å². The molecule has 1 aromatic carbocycles. The van der Waals surface area contributed by atoms with Crippen LogP contribution in [-0.2, 0) is 23.4 Å². The number of aromatic nitrogens is 1. The molecule has 1 aromatic heterocycles. The summed E-state index contributed by atoms with van der Waals surface area (Å²) in [5.74, 6) is 0.848. The number of alkyl halides is 1. The number of ether oxygens (including phenoxy) is 2. The second kappa shape index (κ2) is 10.1. The van der Waals surface area contributed by atoms with Crippen LogP contribution < -0.4 is 15.4 Å². The number of anilines is 2. The number of halogens is 1. The van der Waals surface area contributed by atoms with Gasteiger partial charge in [-0.05, 0) is 62.6 Å². The van der Waals surface area contributed by atoms with Crippen LogP contribution in [0.15, 0.2) is 18.2 Å². The van der Waals surface area contributed by atoms with E-state index < -0.39 is 11.8 Å². The number of nitrogens with zero attached hydrogens (tertiary/aromatic N) is 4. The van der Waals surface area contributed by atoms with Gasteiger partial charge < -0.3 is 25.2 Å². The van der Waals surface area contributed by atoms with E-state index in [1.807, 2.05) is 12.1 Å². The summed E-state index contributed by atoms with van der Waals surface area (Å²) in [4.78, 5) is 9.62.